The summed E-state index contributed by atoms with van der Waals surface area (Å²) >= 11 is 1.67. The van der Waals surface area contributed by atoms with Gasteiger partial charge in [-0.05, 0) is 37.8 Å². The van der Waals surface area contributed by atoms with Crippen LogP contribution in [0, 0.1) is 0 Å². The molecule has 4 nitrogen and oxygen atoms in total. The van der Waals surface area contributed by atoms with E-state index in [1.807, 2.05) is 38.3 Å². The Labute approximate surface area is 125 Å². The van der Waals surface area contributed by atoms with Crippen molar-refractivity contribution in [2.24, 2.45) is 0 Å². The number of methoxy groups -OCH3 is 1. The minimum Gasteiger partial charge on any atom is -0.493 e. The van der Waals surface area contributed by atoms with Crippen LogP contribution in [-0.4, -0.2) is 31.6 Å². The molecule has 1 unspecified atom stereocenters. The van der Waals surface area contributed by atoms with Crippen molar-refractivity contribution in [1.29, 1.82) is 0 Å². The predicted molar refractivity (Wildman–Crippen MR) is 83.7 cm³/mol. The molecule has 0 spiro atoms. The first kappa shape index (κ1) is 16.7. The molecule has 1 rings (SSSR count). The maximum absolute atomic E-state index is 11.7. The highest BCUT2D eigenvalue weighted by molar-refractivity contribution is 7.98. The van der Waals surface area contributed by atoms with E-state index in [4.69, 9.17) is 9.47 Å². The van der Waals surface area contributed by atoms with Gasteiger partial charge in [-0.3, -0.25) is 4.79 Å². The van der Waals surface area contributed by atoms with Crippen molar-refractivity contribution in [1.82, 2.24) is 5.32 Å². The topological polar surface area (TPSA) is 47.6 Å². The predicted octanol–water partition coefficient (Wildman–Crippen LogP) is 3.02. The van der Waals surface area contributed by atoms with Crippen LogP contribution in [0.5, 0.6) is 11.5 Å². The average molecular weight is 297 g/mol. The van der Waals surface area contributed by atoms with Crippen LogP contribution in [-0.2, 0) is 4.79 Å². The van der Waals surface area contributed by atoms with Gasteiger partial charge in [0.2, 0.25) is 5.91 Å². The monoisotopic (exact) mass is 297 g/mol. The second-order valence-electron chi connectivity index (χ2n) is 4.38. The van der Waals surface area contributed by atoms with Gasteiger partial charge in [-0.1, -0.05) is 6.07 Å². The number of carbonyl (C=O) groups is 1. The highest BCUT2D eigenvalue weighted by Gasteiger charge is 2.12. The fourth-order valence-corrected chi connectivity index (χ4v) is 2.21. The van der Waals surface area contributed by atoms with Gasteiger partial charge in [0, 0.05) is 12.2 Å². The van der Waals surface area contributed by atoms with Crippen LogP contribution in [0.1, 0.15) is 31.9 Å². The molecule has 0 radical (unpaired) electrons. The van der Waals surface area contributed by atoms with E-state index in [2.05, 4.69) is 5.32 Å². The molecule has 0 saturated carbocycles. The fraction of sp³-hybridized carbons (Fsp3) is 0.533. The lowest BCUT2D eigenvalue weighted by Crippen LogP contribution is -2.26. The standard InChI is InChI=1S/C15H23NO3S/c1-5-19-13-7-6-12(10-14(13)18-3)11(2)16-15(17)8-9-20-4/h6-7,10-11H,5,8-9H2,1-4H3,(H,16,17). The quantitative estimate of drug-likeness (QED) is 0.801. The Hall–Kier alpha value is -1.36. The number of rotatable bonds is 8. The summed E-state index contributed by atoms with van der Waals surface area (Å²) < 4.78 is 10.8. The SMILES string of the molecule is CCOc1ccc(C(C)NC(=O)CCSC)cc1OC. The van der Waals surface area contributed by atoms with Crippen LogP contribution in [0.25, 0.3) is 0 Å². The Morgan fingerprint density at radius 3 is 2.75 bits per heavy atom. The third-order valence-corrected chi connectivity index (χ3v) is 3.51. The van der Waals surface area contributed by atoms with Crippen LogP contribution in [0.3, 0.4) is 0 Å². The van der Waals surface area contributed by atoms with Crippen LogP contribution in [0.2, 0.25) is 0 Å². The third kappa shape index (κ3) is 4.96. The van der Waals surface area contributed by atoms with E-state index in [9.17, 15) is 4.79 Å². The molecule has 0 saturated heterocycles. The first-order chi connectivity index (χ1) is 9.62. The molecule has 0 aromatic heterocycles. The second-order valence-corrected chi connectivity index (χ2v) is 5.36. The van der Waals surface area contributed by atoms with Gasteiger partial charge in [0.15, 0.2) is 11.5 Å². The molecule has 0 aliphatic heterocycles. The summed E-state index contributed by atoms with van der Waals surface area (Å²) in [5, 5.41) is 2.99. The normalized spacial score (nSPS) is 11.8. The van der Waals surface area contributed by atoms with Gasteiger partial charge >= 0.3 is 0 Å². The Kier molecular flexibility index (Phi) is 7.30. The molecule has 5 heteroatoms. The molecule has 0 heterocycles. The van der Waals surface area contributed by atoms with Gasteiger partial charge in [-0.15, -0.1) is 0 Å². The summed E-state index contributed by atoms with van der Waals surface area (Å²) in [6.45, 7) is 4.49. The van der Waals surface area contributed by atoms with Crippen LogP contribution in [0.4, 0.5) is 0 Å². The van der Waals surface area contributed by atoms with Crippen molar-refractivity contribution in [3.63, 3.8) is 0 Å². The van der Waals surface area contributed by atoms with E-state index in [-0.39, 0.29) is 11.9 Å². The van der Waals surface area contributed by atoms with Crippen molar-refractivity contribution >= 4 is 17.7 Å². The summed E-state index contributed by atoms with van der Waals surface area (Å²) in [5.41, 5.74) is 1.00. The van der Waals surface area contributed by atoms with E-state index in [0.717, 1.165) is 17.1 Å². The Bertz CT molecular complexity index is 437. The molecule has 0 bridgehead atoms. The molecule has 1 aromatic carbocycles. The van der Waals surface area contributed by atoms with E-state index in [0.29, 0.717) is 18.8 Å². The van der Waals surface area contributed by atoms with E-state index in [1.165, 1.54) is 0 Å². The maximum atomic E-state index is 11.7. The molecule has 20 heavy (non-hydrogen) atoms. The van der Waals surface area contributed by atoms with Crippen molar-refractivity contribution in [2.45, 2.75) is 26.3 Å². The third-order valence-electron chi connectivity index (χ3n) is 2.90. The van der Waals surface area contributed by atoms with Crippen molar-refractivity contribution in [3.8, 4) is 11.5 Å². The molecule has 0 aliphatic rings. The zero-order chi connectivity index (χ0) is 15.0. The highest BCUT2D eigenvalue weighted by atomic mass is 32.2. The van der Waals surface area contributed by atoms with E-state index >= 15 is 0 Å². The van der Waals surface area contributed by atoms with Gasteiger partial charge in [0.25, 0.3) is 0 Å². The zero-order valence-corrected chi connectivity index (χ0v) is 13.4. The number of amides is 1. The zero-order valence-electron chi connectivity index (χ0n) is 12.6. The molecule has 1 amide bonds. The number of hydrogen-bond donors (Lipinski definition) is 1. The maximum Gasteiger partial charge on any atom is 0.221 e. The first-order valence-corrected chi connectivity index (χ1v) is 8.10. The number of nitrogens with one attached hydrogen (secondary N) is 1. The van der Waals surface area contributed by atoms with E-state index < -0.39 is 0 Å². The minimum absolute atomic E-state index is 0.0473. The summed E-state index contributed by atoms with van der Waals surface area (Å²) in [5.74, 6) is 2.32. The number of benzene rings is 1. The lowest BCUT2D eigenvalue weighted by Gasteiger charge is -2.17. The summed E-state index contributed by atoms with van der Waals surface area (Å²) in [4.78, 5) is 11.7. The fourth-order valence-electron chi connectivity index (χ4n) is 1.82. The molecular weight excluding hydrogens is 274 g/mol. The van der Waals surface area contributed by atoms with Crippen LogP contribution >= 0.6 is 11.8 Å². The first-order valence-electron chi connectivity index (χ1n) is 6.71. The summed E-state index contributed by atoms with van der Waals surface area (Å²) in [6, 6.07) is 5.69. The van der Waals surface area contributed by atoms with Gasteiger partial charge in [0.05, 0.1) is 19.8 Å². The summed E-state index contributed by atoms with van der Waals surface area (Å²) in [6.07, 6.45) is 2.54. The largest absolute Gasteiger partial charge is 0.493 e. The molecule has 1 atom stereocenters. The lowest BCUT2D eigenvalue weighted by atomic mass is 10.1. The molecule has 1 N–H and O–H groups in total. The van der Waals surface area contributed by atoms with Gasteiger partial charge in [0.1, 0.15) is 0 Å². The van der Waals surface area contributed by atoms with Crippen LogP contribution in [0.15, 0.2) is 18.2 Å². The lowest BCUT2D eigenvalue weighted by molar-refractivity contribution is -0.121. The van der Waals surface area contributed by atoms with Crippen LogP contribution < -0.4 is 14.8 Å². The highest BCUT2D eigenvalue weighted by Crippen LogP contribution is 2.30. The molecule has 0 aliphatic carbocycles. The summed E-state index contributed by atoms with van der Waals surface area (Å²) in [7, 11) is 1.61. The van der Waals surface area contributed by atoms with Crippen molar-refractivity contribution in [2.75, 3.05) is 25.7 Å². The molecular formula is C15H23NO3S. The number of thioether (sulfide) groups is 1. The van der Waals surface area contributed by atoms with E-state index in [1.54, 1.807) is 18.9 Å². The second kappa shape index (κ2) is 8.74. The van der Waals surface area contributed by atoms with Gasteiger partial charge in [-0.2, -0.15) is 11.8 Å². The molecule has 1 aromatic rings. The molecule has 0 fully saturated rings. The Morgan fingerprint density at radius 2 is 2.15 bits per heavy atom. The number of ether oxygens (including phenoxy) is 2. The number of hydrogen-bond acceptors (Lipinski definition) is 4. The minimum atomic E-state index is -0.0473. The average Bonchev–Trinajstić information content (AvgIpc) is 2.45. The Morgan fingerprint density at radius 1 is 1.40 bits per heavy atom. The van der Waals surface area contributed by atoms with Crippen molar-refractivity contribution in [3.05, 3.63) is 23.8 Å². The van der Waals surface area contributed by atoms with Crippen molar-refractivity contribution < 1.29 is 14.3 Å². The Balaban J connectivity index is 2.72. The number of carbonyl (C=O) groups excluding carboxylic acids is 1. The smallest absolute Gasteiger partial charge is 0.221 e. The van der Waals surface area contributed by atoms with Gasteiger partial charge in [-0.25, -0.2) is 0 Å². The molecule has 112 valence electrons. The van der Waals surface area contributed by atoms with Gasteiger partial charge < -0.3 is 14.8 Å².